The van der Waals surface area contributed by atoms with Crippen LogP contribution < -0.4 is 0 Å². The van der Waals surface area contributed by atoms with Crippen molar-refractivity contribution in [3.05, 3.63) is 22.7 Å². The fourth-order valence-electron chi connectivity index (χ4n) is 1.41. The monoisotopic (exact) mass is 300 g/mol. The Bertz CT molecular complexity index is 553. The van der Waals surface area contributed by atoms with Crippen LogP contribution in [0.5, 0.6) is 0 Å². The van der Waals surface area contributed by atoms with E-state index in [1.807, 2.05) is 29.8 Å². The van der Waals surface area contributed by atoms with Crippen LogP contribution in [0.25, 0.3) is 11.0 Å². The van der Waals surface area contributed by atoms with Gasteiger partial charge in [-0.15, -0.1) is 0 Å². The van der Waals surface area contributed by atoms with E-state index in [1.165, 1.54) is 11.8 Å². The molecule has 0 fully saturated rings. The Morgan fingerprint density at radius 2 is 2.38 bits per heavy atom. The van der Waals surface area contributed by atoms with Crippen molar-refractivity contribution in [3.63, 3.8) is 0 Å². The van der Waals surface area contributed by atoms with Crippen LogP contribution in [0.4, 0.5) is 0 Å². The lowest BCUT2D eigenvalue weighted by atomic mass is 10.3. The first-order chi connectivity index (χ1) is 7.58. The van der Waals surface area contributed by atoms with Crippen molar-refractivity contribution in [2.75, 3.05) is 5.75 Å². The number of hydrogen-bond acceptors (Lipinski definition) is 3. The molecule has 1 aromatic heterocycles. The lowest BCUT2D eigenvalue weighted by Crippen LogP contribution is -2.00. The van der Waals surface area contributed by atoms with E-state index in [0.717, 1.165) is 20.7 Å². The lowest BCUT2D eigenvalue weighted by Gasteiger charge is -1.99. The fraction of sp³-hybridized carbons (Fsp3) is 0.200. The summed E-state index contributed by atoms with van der Waals surface area (Å²) in [5.74, 6) is -0.809. The summed E-state index contributed by atoms with van der Waals surface area (Å²) in [5, 5.41) is 9.34. The molecule has 1 heterocycles. The van der Waals surface area contributed by atoms with E-state index < -0.39 is 5.97 Å². The maximum atomic E-state index is 10.5. The lowest BCUT2D eigenvalue weighted by molar-refractivity contribution is -0.133. The van der Waals surface area contributed by atoms with Crippen molar-refractivity contribution in [3.8, 4) is 0 Å². The maximum Gasteiger partial charge on any atom is 0.313 e. The molecule has 0 radical (unpaired) electrons. The van der Waals surface area contributed by atoms with E-state index >= 15 is 0 Å². The van der Waals surface area contributed by atoms with Crippen molar-refractivity contribution in [2.45, 2.75) is 5.16 Å². The summed E-state index contributed by atoms with van der Waals surface area (Å²) in [4.78, 5) is 14.9. The van der Waals surface area contributed by atoms with Crippen molar-refractivity contribution < 1.29 is 9.90 Å². The average molecular weight is 301 g/mol. The molecular weight excluding hydrogens is 292 g/mol. The first kappa shape index (κ1) is 11.5. The van der Waals surface area contributed by atoms with Crippen LogP contribution in [-0.4, -0.2) is 26.4 Å². The molecule has 84 valence electrons. The standard InChI is InChI=1S/C10H9BrN2O2S/c1-13-8-3-2-6(11)4-7(8)12-10(13)16-5-9(14)15/h2-4H,5H2,1H3,(H,14,15). The Labute approximate surface area is 105 Å². The second-order valence-corrected chi connectivity index (χ2v) is 5.13. The van der Waals surface area contributed by atoms with E-state index in [-0.39, 0.29) is 5.75 Å². The predicted molar refractivity (Wildman–Crippen MR) is 66.8 cm³/mol. The Morgan fingerprint density at radius 1 is 1.62 bits per heavy atom. The molecule has 0 spiro atoms. The van der Waals surface area contributed by atoms with Crippen LogP contribution in [0.15, 0.2) is 27.8 Å². The smallest absolute Gasteiger partial charge is 0.313 e. The van der Waals surface area contributed by atoms with Crippen LogP contribution in [0.3, 0.4) is 0 Å². The van der Waals surface area contributed by atoms with Crippen molar-refractivity contribution in [2.24, 2.45) is 7.05 Å². The summed E-state index contributed by atoms with van der Waals surface area (Å²) in [6.45, 7) is 0. The third-order valence-corrected chi connectivity index (χ3v) is 3.63. The molecule has 16 heavy (non-hydrogen) atoms. The summed E-state index contributed by atoms with van der Waals surface area (Å²) in [6, 6.07) is 5.81. The van der Waals surface area contributed by atoms with Gasteiger partial charge in [0.1, 0.15) is 0 Å². The van der Waals surface area contributed by atoms with Gasteiger partial charge in [0.05, 0.1) is 16.8 Å². The number of carboxylic acid groups (broad SMARTS) is 1. The minimum Gasteiger partial charge on any atom is -0.481 e. The summed E-state index contributed by atoms with van der Waals surface area (Å²) < 4.78 is 2.86. The fourth-order valence-corrected chi connectivity index (χ4v) is 2.46. The average Bonchev–Trinajstić information content (AvgIpc) is 2.52. The Morgan fingerprint density at radius 3 is 3.06 bits per heavy atom. The molecule has 6 heteroatoms. The molecule has 0 atom stereocenters. The Balaban J connectivity index is 2.39. The van der Waals surface area contributed by atoms with Crippen LogP contribution in [0.2, 0.25) is 0 Å². The van der Waals surface area contributed by atoms with E-state index in [0.29, 0.717) is 0 Å². The molecule has 0 saturated heterocycles. The van der Waals surface area contributed by atoms with Gasteiger partial charge in [-0.3, -0.25) is 4.79 Å². The summed E-state index contributed by atoms with van der Waals surface area (Å²) >= 11 is 4.60. The molecule has 0 saturated carbocycles. The summed E-state index contributed by atoms with van der Waals surface area (Å²) in [6.07, 6.45) is 0. The first-order valence-electron chi connectivity index (χ1n) is 4.54. The van der Waals surface area contributed by atoms with Crippen LogP contribution in [0.1, 0.15) is 0 Å². The van der Waals surface area contributed by atoms with Gasteiger partial charge in [0.2, 0.25) is 0 Å². The van der Waals surface area contributed by atoms with E-state index in [4.69, 9.17) is 5.11 Å². The van der Waals surface area contributed by atoms with Gasteiger partial charge in [-0.25, -0.2) is 4.98 Å². The van der Waals surface area contributed by atoms with Crippen molar-refractivity contribution in [1.29, 1.82) is 0 Å². The number of benzene rings is 1. The molecule has 1 aromatic carbocycles. The molecule has 0 aliphatic rings. The number of aromatic nitrogens is 2. The number of thioether (sulfide) groups is 1. The molecule has 2 rings (SSSR count). The third kappa shape index (κ3) is 2.22. The minimum absolute atomic E-state index is 0.0261. The molecule has 1 N–H and O–H groups in total. The largest absolute Gasteiger partial charge is 0.481 e. The van der Waals surface area contributed by atoms with Gasteiger partial charge in [0, 0.05) is 11.5 Å². The first-order valence-corrected chi connectivity index (χ1v) is 6.32. The second kappa shape index (κ2) is 4.47. The Hall–Kier alpha value is -1.01. The number of imidazole rings is 1. The number of hydrogen-bond donors (Lipinski definition) is 1. The highest BCUT2D eigenvalue weighted by molar-refractivity contribution is 9.10. The molecule has 0 unspecified atom stereocenters. The predicted octanol–water partition coefficient (Wildman–Crippen LogP) is 2.51. The molecular formula is C10H9BrN2O2S. The number of aliphatic carboxylic acids is 1. The zero-order valence-corrected chi connectivity index (χ0v) is 10.9. The quantitative estimate of drug-likeness (QED) is 0.885. The topological polar surface area (TPSA) is 55.1 Å². The second-order valence-electron chi connectivity index (χ2n) is 3.27. The number of fused-ring (bicyclic) bond motifs is 1. The number of rotatable bonds is 3. The molecule has 0 aliphatic carbocycles. The van der Waals surface area contributed by atoms with Gasteiger partial charge in [0.25, 0.3) is 0 Å². The third-order valence-electron chi connectivity index (χ3n) is 2.13. The highest BCUT2D eigenvalue weighted by Crippen LogP contribution is 2.24. The van der Waals surface area contributed by atoms with E-state index in [1.54, 1.807) is 0 Å². The van der Waals surface area contributed by atoms with Crippen LogP contribution in [0, 0.1) is 0 Å². The number of carbonyl (C=O) groups is 1. The number of nitrogens with zero attached hydrogens (tertiary/aromatic N) is 2. The van der Waals surface area contributed by atoms with Gasteiger partial charge in [-0.05, 0) is 18.2 Å². The highest BCUT2D eigenvalue weighted by Gasteiger charge is 2.09. The molecule has 4 nitrogen and oxygen atoms in total. The van der Waals surface area contributed by atoms with E-state index in [2.05, 4.69) is 20.9 Å². The zero-order valence-electron chi connectivity index (χ0n) is 8.48. The van der Waals surface area contributed by atoms with Crippen molar-refractivity contribution >= 4 is 44.7 Å². The SMILES string of the molecule is Cn1c(SCC(=O)O)nc2cc(Br)ccc21. The molecule has 0 bridgehead atoms. The van der Waals surface area contributed by atoms with Gasteiger partial charge < -0.3 is 9.67 Å². The highest BCUT2D eigenvalue weighted by atomic mass is 79.9. The zero-order chi connectivity index (χ0) is 11.7. The molecule has 0 aliphatic heterocycles. The van der Waals surface area contributed by atoms with E-state index in [9.17, 15) is 4.79 Å². The van der Waals surface area contributed by atoms with Gasteiger partial charge in [-0.1, -0.05) is 27.7 Å². The molecule has 2 aromatic rings. The van der Waals surface area contributed by atoms with Crippen molar-refractivity contribution in [1.82, 2.24) is 9.55 Å². The van der Waals surface area contributed by atoms with Crippen LogP contribution in [-0.2, 0) is 11.8 Å². The van der Waals surface area contributed by atoms with Crippen LogP contribution >= 0.6 is 27.7 Å². The minimum atomic E-state index is -0.835. The number of halogens is 1. The maximum absolute atomic E-state index is 10.5. The molecule has 0 amide bonds. The normalized spacial score (nSPS) is 10.9. The van der Waals surface area contributed by atoms with Gasteiger partial charge >= 0.3 is 5.97 Å². The Kier molecular flexibility index (Phi) is 3.20. The van der Waals surface area contributed by atoms with Gasteiger partial charge in [0.15, 0.2) is 5.16 Å². The van der Waals surface area contributed by atoms with Gasteiger partial charge in [-0.2, -0.15) is 0 Å². The summed E-state index contributed by atoms with van der Waals surface area (Å²) in [7, 11) is 1.88. The summed E-state index contributed by atoms with van der Waals surface area (Å²) in [5.41, 5.74) is 1.86. The number of carboxylic acids is 1. The number of aryl methyl sites for hydroxylation is 1.